The van der Waals surface area contributed by atoms with Crippen molar-refractivity contribution in [1.29, 1.82) is 5.26 Å². The molecule has 0 unspecified atom stereocenters. The smallest absolute Gasteiger partial charge is 0.250 e. The highest BCUT2D eigenvalue weighted by Crippen LogP contribution is 2.16. The molecule has 2 rings (SSSR count). The Morgan fingerprint density at radius 3 is 2.78 bits per heavy atom. The first-order valence-electron chi connectivity index (χ1n) is 5.46. The lowest BCUT2D eigenvalue weighted by Crippen LogP contribution is -2.19. The largest absolute Gasteiger partial charge is 0.310 e. The maximum absolute atomic E-state index is 11.7. The van der Waals surface area contributed by atoms with Crippen molar-refractivity contribution in [1.82, 2.24) is 4.57 Å². The highest BCUT2D eigenvalue weighted by molar-refractivity contribution is 9.10. The van der Waals surface area contributed by atoms with Gasteiger partial charge in [-0.25, -0.2) is 0 Å². The number of halogens is 1. The second kappa shape index (κ2) is 5.19. The third kappa shape index (κ3) is 2.69. The van der Waals surface area contributed by atoms with E-state index in [0.717, 1.165) is 15.6 Å². The summed E-state index contributed by atoms with van der Waals surface area (Å²) in [4.78, 5) is 11.7. The summed E-state index contributed by atoms with van der Waals surface area (Å²) >= 11 is 3.41. The number of pyridine rings is 1. The minimum absolute atomic E-state index is 0.101. The van der Waals surface area contributed by atoms with Gasteiger partial charge in [-0.05, 0) is 36.2 Å². The van der Waals surface area contributed by atoms with Crippen molar-refractivity contribution in [2.45, 2.75) is 13.5 Å². The molecule has 0 amide bonds. The van der Waals surface area contributed by atoms with E-state index in [-0.39, 0.29) is 5.56 Å². The van der Waals surface area contributed by atoms with Gasteiger partial charge in [-0.2, -0.15) is 5.26 Å². The van der Waals surface area contributed by atoms with Gasteiger partial charge in [0, 0.05) is 16.7 Å². The molecular weight excluding hydrogens is 292 g/mol. The molecule has 0 bridgehead atoms. The van der Waals surface area contributed by atoms with E-state index in [1.165, 1.54) is 12.1 Å². The van der Waals surface area contributed by atoms with Crippen LogP contribution in [0.2, 0.25) is 0 Å². The van der Waals surface area contributed by atoms with Gasteiger partial charge in [-0.3, -0.25) is 4.79 Å². The molecular formula is C14H11BrN2O. The summed E-state index contributed by atoms with van der Waals surface area (Å²) in [6.07, 6.45) is 1.59. The van der Waals surface area contributed by atoms with Crippen molar-refractivity contribution in [3.05, 3.63) is 68.0 Å². The predicted molar refractivity (Wildman–Crippen MR) is 73.4 cm³/mol. The highest BCUT2D eigenvalue weighted by atomic mass is 79.9. The third-order valence-electron chi connectivity index (χ3n) is 2.76. The van der Waals surface area contributed by atoms with E-state index in [2.05, 4.69) is 15.9 Å². The van der Waals surface area contributed by atoms with Crippen LogP contribution in [0.25, 0.3) is 0 Å². The standard InChI is InChI=1S/C14H11BrN2O/c1-10-6-13(15)4-3-12(10)9-17-8-11(7-16)2-5-14(17)18/h2-6,8H,9H2,1H3. The van der Waals surface area contributed by atoms with Crippen molar-refractivity contribution >= 4 is 15.9 Å². The van der Waals surface area contributed by atoms with Gasteiger partial charge in [-0.15, -0.1) is 0 Å². The van der Waals surface area contributed by atoms with Gasteiger partial charge in [0.05, 0.1) is 12.1 Å². The molecule has 4 heteroatoms. The lowest BCUT2D eigenvalue weighted by molar-refractivity contribution is 0.753. The quantitative estimate of drug-likeness (QED) is 0.856. The van der Waals surface area contributed by atoms with Crippen molar-refractivity contribution in [3.63, 3.8) is 0 Å². The van der Waals surface area contributed by atoms with E-state index >= 15 is 0 Å². The normalized spacial score (nSPS) is 10.1. The van der Waals surface area contributed by atoms with E-state index in [9.17, 15) is 4.79 Å². The number of nitriles is 1. The van der Waals surface area contributed by atoms with Crippen molar-refractivity contribution in [3.8, 4) is 6.07 Å². The molecule has 0 saturated carbocycles. The average molecular weight is 303 g/mol. The summed E-state index contributed by atoms with van der Waals surface area (Å²) < 4.78 is 2.57. The van der Waals surface area contributed by atoms with E-state index in [1.54, 1.807) is 10.8 Å². The Kier molecular flexibility index (Phi) is 3.63. The highest BCUT2D eigenvalue weighted by Gasteiger charge is 2.03. The van der Waals surface area contributed by atoms with Crippen LogP contribution in [-0.4, -0.2) is 4.57 Å². The Morgan fingerprint density at radius 2 is 2.11 bits per heavy atom. The summed E-state index contributed by atoms with van der Waals surface area (Å²) in [5.41, 5.74) is 2.56. The van der Waals surface area contributed by atoms with Crippen LogP contribution >= 0.6 is 15.9 Å². The van der Waals surface area contributed by atoms with E-state index in [4.69, 9.17) is 5.26 Å². The molecule has 0 atom stereocenters. The molecule has 18 heavy (non-hydrogen) atoms. The number of aryl methyl sites for hydroxylation is 1. The first-order valence-corrected chi connectivity index (χ1v) is 6.25. The average Bonchev–Trinajstić information content (AvgIpc) is 2.35. The van der Waals surface area contributed by atoms with Crippen LogP contribution in [0, 0.1) is 18.3 Å². The van der Waals surface area contributed by atoms with Crippen LogP contribution in [0.1, 0.15) is 16.7 Å². The minimum atomic E-state index is -0.101. The number of hydrogen-bond donors (Lipinski definition) is 0. The zero-order chi connectivity index (χ0) is 13.1. The van der Waals surface area contributed by atoms with Crippen LogP contribution in [-0.2, 0) is 6.54 Å². The molecule has 0 saturated heterocycles. The van der Waals surface area contributed by atoms with Gasteiger partial charge in [0.25, 0.3) is 5.56 Å². The maximum atomic E-state index is 11.7. The SMILES string of the molecule is Cc1cc(Br)ccc1Cn1cc(C#N)ccc1=O. The van der Waals surface area contributed by atoms with Crippen LogP contribution < -0.4 is 5.56 Å². The van der Waals surface area contributed by atoms with Gasteiger partial charge >= 0.3 is 0 Å². The zero-order valence-electron chi connectivity index (χ0n) is 9.85. The Bertz CT molecular complexity index is 683. The van der Waals surface area contributed by atoms with Gasteiger partial charge in [0.1, 0.15) is 6.07 Å². The van der Waals surface area contributed by atoms with Gasteiger partial charge in [0.15, 0.2) is 0 Å². The number of hydrogen-bond acceptors (Lipinski definition) is 2. The van der Waals surface area contributed by atoms with Gasteiger partial charge < -0.3 is 4.57 Å². The van der Waals surface area contributed by atoms with Crippen molar-refractivity contribution in [2.75, 3.05) is 0 Å². The summed E-state index contributed by atoms with van der Waals surface area (Å²) in [5, 5.41) is 8.84. The molecule has 0 N–H and O–H groups in total. The molecule has 3 nitrogen and oxygen atoms in total. The second-order valence-electron chi connectivity index (χ2n) is 4.07. The molecule has 1 aromatic carbocycles. The topological polar surface area (TPSA) is 45.8 Å². The lowest BCUT2D eigenvalue weighted by Gasteiger charge is -2.09. The molecule has 1 heterocycles. The first kappa shape index (κ1) is 12.6. The number of nitrogens with zero attached hydrogens (tertiary/aromatic N) is 2. The summed E-state index contributed by atoms with van der Waals surface area (Å²) in [7, 11) is 0. The van der Waals surface area contributed by atoms with Crippen molar-refractivity contribution in [2.24, 2.45) is 0 Å². The lowest BCUT2D eigenvalue weighted by atomic mass is 10.1. The summed E-state index contributed by atoms with van der Waals surface area (Å²) in [5.74, 6) is 0. The minimum Gasteiger partial charge on any atom is -0.310 e. The monoisotopic (exact) mass is 302 g/mol. The fourth-order valence-electron chi connectivity index (χ4n) is 1.74. The number of benzene rings is 1. The molecule has 0 aliphatic rings. The maximum Gasteiger partial charge on any atom is 0.250 e. The van der Waals surface area contributed by atoms with Gasteiger partial charge in [0.2, 0.25) is 0 Å². The van der Waals surface area contributed by atoms with Crippen LogP contribution in [0.15, 0.2) is 45.8 Å². The van der Waals surface area contributed by atoms with E-state index < -0.39 is 0 Å². The summed E-state index contributed by atoms with van der Waals surface area (Å²) in [6.45, 7) is 2.48. The molecule has 0 spiro atoms. The first-order chi connectivity index (χ1) is 8.60. The second-order valence-corrected chi connectivity index (χ2v) is 4.98. The Labute approximate surface area is 113 Å². The molecule has 0 fully saturated rings. The van der Waals surface area contributed by atoms with Gasteiger partial charge in [-0.1, -0.05) is 22.0 Å². The Balaban J connectivity index is 2.40. The number of rotatable bonds is 2. The summed E-state index contributed by atoms with van der Waals surface area (Å²) in [6, 6.07) is 10.9. The fraction of sp³-hybridized carbons (Fsp3) is 0.143. The Hall–Kier alpha value is -1.86. The molecule has 2 aromatic rings. The van der Waals surface area contributed by atoms with Crippen LogP contribution in [0.4, 0.5) is 0 Å². The predicted octanol–water partition coefficient (Wildman–Crippen LogP) is 2.84. The molecule has 0 aliphatic carbocycles. The fourth-order valence-corrected chi connectivity index (χ4v) is 2.22. The van der Waals surface area contributed by atoms with Crippen LogP contribution in [0.3, 0.4) is 0 Å². The molecule has 0 aliphatic heterocycles. The molecule has 1 aromatic heterocycles. The van der Waals surface area contributed by atoms with E-state index in [1.807, 2.05) is 31.2 Å². The van der Waals surface area contributed by atoms with Crippen molar-refractivity contribution < 1.29 is 0 Å². The third-order valence-corrected chi connectivity index (χ3v) is 3.25. The molecule has 90 valence electrons. The zero-order valence-corrected chi connectivity index (χ0v) is 11.4. The number of aromatic nitrogens is 1. The Morgan fingerprint density at radius 1 is 1.33 bits per heavy atom. The molecule has 0 radical (unpaired) electrons. The van der Waals surface area contributed by atoms with E-state index in [0.29, 0.717) is 12.1 Å². The van der Waals surface area contributed by atoms with Crippen LogP contribution in [0.5, 0.6) is 0 Å².